The highest BCUT2D eigenvalue weighted by Gasteiger charge is 2.31. The van der Waals surface area contributed by atoms with Crippen molar-refractivity contribution in [3.63, 3.8) is 0 Å². The van der Waals surface area contributed by atoms with Crippen LogP contribution in [0.1, 0.15) is 26.2 Å². The summed E-state index contributed by atoms with van der Waals surface area (Å²) in [6, 6.07) is 0. The zero-order chi connectivity index (χ0) is 5.33. The number of rotatable bonds is 1. The van der Waals surface area contributed by atoms with Crippen molar-refractivity contribution in [1.29, 1.82) is 0 Å². The first-order valence-electron chi connectivity index (χ1n) is 2.65. The van der Waals surface area contributed by atoms with Crippen LogP contribution in [0.25, 0.3) is 0 Å². The van der Waals surface area contributed by atoms with Gasteiger partial charge in [0.2, 0.25) is 0 Å². The molecule has 7 heavy (non-hydrogen) atoms. The molecule has 2 N–H and O–H groups in total. The Labute approximate surface area is 43.6 Å². The van der Waals surface area contributed by atoms with E-state index in [2.05, 4.69) is 4.84 Å². The molecule has 1 saturated carbocycles. The van der Waals surface area contributed by atoms with Gasteiger partial charge in [-0.2, -0.15) is 0 Å². The van der Waals surface area contributed by atoms with Crippen LogP contribution in [0.4, 0.5) is 0 Å². The summed E-state index contributed by atoms with van der Waals surface area (Å²) in [5.74, 6) is 4.97. The molecule has 0 atom stereocenters. The molecule has 1 aliphatic carbocycles. The highest BCUT2D eigenvalue weighted by molar-refractivity contribution is 4.83. The van der Waals surface area contributed by atoms with Gasteiger partial charge in [0.25, 0.3) is 0 Å². The normalized spacial score (nSPS) is 26.6. The Balaban J connectivity index is 2.29. The SMILES string of the molecule is CC1(ON)CCC1. The van der Waals surface area contributed by atoms with Crippen molar-refractivity contribution in [2.75, 3.05) is 0 Å². The Morgan fingerprint density at radius 2 is 2.14 bits per heavy atom. The lowest BCUT2D eigenvalue weighted by atomic mass is 9.82. The molecule has 0 aromatic carbocycles. The third-order valence-corrected chi connectivity index (χ3v) is 1.70. The number of hydrogen-bond donors (Lipinski definition) is 1. The maximum Gasteiger partial charge on any atom is 0.0866 e. The zero-order valence-electron chi connectivity index (χ0n) is 4.61. The Kier molecular flexibility index (Phi) is 1.05. The third kappa shape index (κ3) is 0.763. The summed E-state index contributed by atoms with van der Waals surface area (Å²) in [7, 11) is 0. The van der Waals surface area contributed by atoms with E-state index in [0.717, 1.165) is 12.8 Å². The summed E-state index contributed by atoms with van der Waals surface area (Å²) in [5.41, 5.74) is 0.0417. The van der Waals surface area contributed by atoms with E-state index in [9.17, 15) is 0 Å². The van der Waals surface area contributed by atoms with Crippen LogP contribution in [-0.2, 0) is 4.84 Å². The molecule has 0 aromatic rings. The molecule has 2 heteroatoms. The monoisotopic (exact) mass is 101 g/mol. The van der Waals surface area contributed by atoms with Gasteiger partial charge in [-0.3, -0.25) is 4.84 Å². The molecule has 1 aliphatic rings. The van der Waals surface area contributed by atoms with Gasteiger partial charge in [-0.05, 0) is 26.2 Å². The van der Waals surface area contributed by atoms with E-state index in [0.29, 0.717) is 0 Å². The molecule has 1 rings (SSSR count). The largest absolute Gasteiger partial charge is 0.298 e. The van der Waals surface area contributed by atoms with Crippen LogP contribution in [0.3, 0.4) is 0 Å². The van der Waals surface area contributed by atoms with Crippen LogP contribution in [0.15, 0.2) is 0 Å². The van der Waals surface area contributed by atoms with Crippen LogP contribution >= 0.6 is 0 Å². The molecule has 0 saturated heterocycles. The molecule has 0 aromatic heterocycles. The molecule has 0 unspecified atom stereocenters. The average molecular weight is 101 g/mol. The highest BCUT2D eigenvalue weighted by atomic mass is 16.6. The van der Waals surface area contributed by atoms with Crippen molar-refractivity contribution in [3.05, 3.63) is 0 Å². The van der Waals surface area contributed by atoms with Crippen LogP contribution < -0.4 is 5.90 Å². The fourth-order valence-corrected chi connectivity index (χ4v) is 0.793. The molecule has 0 heterocycles. The van der Waals surface area contributed by atoms with Gasteiger partial charge < -0.3 is 0 Å². The van der Waals surface area contributed by atoms with Crippen LogP contribution in [0.5, 0.6) is 0 Å². The van der Waals surface area contributed by atoms with Crippen LogP contribution in [0, 0.1) is 0 Å². The quantitative estimate of drug-likeness (QED) is 0.496. The Hall–Kier alpha value is -0.0800. The Morgan fingerprint density at radius 1 is 1.57 bits per heavy atom. The predicted octanol–water partition coefficient (Wildman–Crippen LogP) is 0.819. The fraction of sp³-hybridized carbons (Fsp3) is 1.00. The van der Waals surface area contributed by atoms with Gasteiger partial charge in [0.05, 0.1) is 5.60 Å². The van der Waals surface area contributed by atoms with E-state index in [1.807, 2.05) is 6.92 Å². The molecule has 0 aliphatic heterocycles. The van der Waals surface area contributed by atoms with Crippen molar-refractivity contribution in [3.8, 4) is 0 Å². The third-order valence-electron chi connectivity index (χ3n) is 1.70. The molecular weight excluding hydrogens is 90.1 g/mol. The van der Waals surface area contributed by atoms with Gasteiger partial charge in [-0.15, -0.1) is 0 Å². The number of nitrogens with two attached hydrogens (primary N) is 1. The second-order valence-electron chi connectivity index (χ2n) is 2.42. The molecule has 2 nitrogen and oxygen atoms in total. The summed E-state index contributed by atoms with van der Waals surface area (Å²) in [6.45, 7) is 2.04. The van der Waals surface area contributed by atoms with Gasteiger partial charge in [-0.25, -0.2) is 5.90 Å². The summed E-state index contributed by atoms with van der Waals surface area (Å²) in [5, 5.41) is 0. The van der Waals surface area contributed by atoms with Gasteiger partial charge >= 0.3 is 0 Å². The Bertz CT molecular complexity index is 63.0. The Morgan fingerprint density at radius 3 is 2.14 bits per heavy atom. The van der Waals surface area contributed by atoms with Gasteiger partial charge in [0, 0.05) is 0 Å². The molecule has 0 amide bonds. The molecule has 42 valence electrons. The lowest BCUT2D eigenvalue weighted by Gasteiger charge is -2.35. The zero-order valence-corrected chi connectivity index (χ0v) is 4.61. The van der Waals surface area contributed by atoms with Crippen LogP contribution in [0.2, 0.25) is 0 Å². The van der Waals surface area contributed by atoms with E-state index in [1.165, 1.54) is 6.42 Å². The minimum Gasteiger partial charge on any atom is -0.298 e. The minimum absolute atomic E-state index is 0.0417. The summed E-state index contributed by atoms with van der Waals surface area (Å²) < 4.78 is 0. The first-order valence-corrected chi connectivity index (χ1v) is 2.65. The summed E-state index contributed by atoms with van der Waals surface area (Å²) >= 11 is 0. The van der Waals surface area contributed by atoms with Gasteiger partial charge in [0.1, 0.15) is 0 Å². The first-order chi connectivity index (χ1) is 3.27. The van der Waals surface area contributed by atoms with Gasteiger partial charge in [0.15, 0.2) is 0 Å². The van der Waals surface area contributed by atoms with Crippen molar-refractivity contribution < 1.29 is 4.84 Å². The topological polar surface area (TPSA) is 35.2 Å². The number of hydrogen-bond acceptors (Lipinski definition) is 2. The van der Waals surface area contributed by atoms with E-state index >= 15 is 0 Å². The smallest absolute Gasteiger partial charge is 0.0866 e. The van der Waals surface area contributed by atoms with Crippen molar-refractivity contribution in [1.82, 2.24) is 0 Å². The van der Waals surface area contributed by atoms with E-state index in [-0.39, 0.29) is 5.60 Å². The highest BCUT2D eigenvalue weighted by Crippen LogP contribution is 2.32. The molecule has 0 bridgehead atoms. The van der Waals surface area contributed by atoms with Crippen molar-refractivity contribution in [2.45, 2.75) is 31.8 Å². The van der Waals surface area contributed by atoms with Crippen molar-refractivity contribution >= 4 is 0 Å². The molecular formula is C5H11NO. The standard InChI is InChI=1S/C5H11NO/c1-5(7-6)3-2-4-5/h2-4,6H2,1H3. The average Bonchev–Trinajstić information content (AvgIpc) is 1.61. The molecule has 0 radical (unpaired) electrons. The van der Waals surface area contributed by atoms with E-state index in [4.69, 9.17) is 5.90 Å². The molecule has 0 spiro atoms. The van der Waals surface area contributed by atoms with Crippen molar-refractivity contribution in [2.24, 2.45) is 5.90 Å². The van der Waals surface area contributed by atoms with Crippen LogP contribution in [-0.4, -0.2) is 5.60 Å². The first kappa shape index (κ1) is 5.06. The lowest BCUT2D eigenvalue weighted by molar-refractivity contribution is -0.0879. The predicted molar refractivity (Wildman–Crippen MR) is 27.5 cm³/mol. The lowest BCUT2D eigenvalue weighted by Crippen LogP contribution is -2.38. The fourth-order valence-electron chi connectivity index (χ4n) is 0.793. The van der Waals surface area contributed by atoms with Gasteiger partial charge in [-0.1, -0.05) is 0 Å². The van der Waals surface area contributed by atoms with E-state index < -0.39 is 0 Å². The maximum atomic E-state index is 4.97. The summed E-state index contributed by atoms with van der Waals surface area (Å²) in [4.78, 5) is 4.67. The summed E-state index contributed by atoms with van der Waals surface area (Å²) in [6.07, 6.45) is 3.53. The van der Waals surface area contributed by atoms with E-state index in [1.54, 1.807) is 0 Å². The minimum atomic E-state index is 0.0417. The second kappa shape index (κ2) is 1.46. The second-order valence-corrected chi connectivity index (χ2v) is 2.42. The molecule has 1 fully saturated rings. The maximum absolute atomic E-state index is 4.97.